The molecule has 2 rings (SSSR count). The number of benzene rings is 1. The lowest BCUT2D eigenvalue weighted by Crippen LogP contribution is -2.25. The molecule has 90 valence electrons. The molecule has 0 amide bonds. The van der Waals surface area contributed by atoms with Crippen LogP contribution >= 0.6 is 11.3 Å². The summed E-state index contributed by atoms with van der Waals surface area (Å²) in [6, 6.07) is 4.97. The predicted octanol–water partition coefficient (Wildman–Crippen LogP) is 3.20. The number of rotatable bonds is 2. The fourth-order valence-corrected chi connectivity index (χ4v) is 2.55. The monoisotopic (exact) mass is 250 g/mol. The minimum Gasteiger partial charge on any atom is -0.478 e. The van der Waals surface area contributed by atoms with E-state index in [4.69, 9.17) is 5.11 Å². The van der Waals surface area contributed by atoms with Gasteiger partial charge < -0.3 is 10.4 Å². The first-order chi connectivity index (χ1) is 7.85. The smallest absolute Gasteiger partial charge is 0.335 e. The largest absolute Gasteiger partial charge is 0.478 e. The molecule has 0 aliphatic rings. The van der Waals surface area contributed by atoms with Gasteiger partial charge in [0.1, 0.15) is 0 Å². The summed E-state index contributed by atoms with van der Waals surface area (Å²) >= 11 is 1.47. The van der Waals surface area contributed by atoms with Crippen molar-refractivity contribution in [3.63, 3.8) is 0 Å². The van der Waals surface area contributed by atoms with Crippen molar-refractivity contribution in [3.05, 3.63) is 23.8 Å². The van der Waals surface area contributed by atoms with Crippen LogP contribution in [0.25, 0.3) is 10.2 Å². The molecule has 0 saturated heterocycles. The maximum absolute atomic E-state index is 10.8. The summed E-state index contributed by atoms with van der Waals surface area (Å²) in [5, 5.41) is 13.0. The van der Waals surface area contributed by atoms with Crippen LogP contribution in [0.2, 0.25) is 0 Å². The average Bonchev–Trinajstić information content (AvgIpc) is 2.54. The van der Waals surface area contributed by atoms with Crippen molar-refractivity contribution < 1.29 is 9.90 Å². The van der Waals surface area contributed by atoms with Crippen molar-refractivity contribution in [2.75, 3.05) is 5.32 Å². The molecule has 0 atom stereocenters. The number of hydrogen-bond donors (Lipinski definition) is 2. The molecule has 17 heavy (non-hydrogen) atoms. The molecule has 4 nitrogen and oxygen atoms in total. The highest BCUT2D eigenvalue weighted by Crippen LogP contribution is 2.28. The second kappa shape index (κ2) is 4.00. The lowest BCUT2D eigenvalue weighted by Gasteiger charge is -2.19. The van der Waals surface area contributed by atoms with Gasteiger partial charge >= 0.3 is 5.97 Å². The number of carboxylic acids is 1. The first-order valence-electron chi connectivity index (χ1n) is 5.27. The number of fused-ring (bicyclic) bond motifs is 1. The van der Waals surface area contributed by atoms with Crippen LogP contribution in [-0.2, 0) is 0 Å². The molecular formula is C12H14N2O2S. The zero-order valence-electron chi connectivity index (χ0n) is 9.94. The molecule has 2 N–H and O–H groups in total. The summed E-state index contributed by atoms with van der Waals surface area (Å²) < 4.78 is 0.886. The molecule has 0 unspecified atom stereocenters. The Morgan fingerprint density at radius 1 is 1.41 bits per heavy atom. The van der Waals surface area contributed by atoms with Crippen LogP contribution in [0, 0.1) is 0 Å². The highest BCUT2D eigenvalue weighted by molar-refractivity contribution is 7.22. The summed E-state index contributed by atoms with van der Waals surface area (Å²) in [6.07, 6.45) is 0. The van der Waals surface area contributed by atoms with Crippen molar-refractivity contribution in [1.82, 2.24) is 4.98 Å². The summed E-state index contributed by atoms with van der Waals surface area (Å²) in [7, 11) is 0. The summed E-state index contributed by atoms with van der Waals surface area (Å²) in [6.45, 7) is 6.17. The fraction of sp³-hybridized carbons (Fsp3) is 0.333. The van der Waals surface area contributed by atoms with E-state index >= 15 is 0 Å². The molecule has 1 aromatic heterocycles. The molecule has 2 aromatic rings. The van der Waals surface area contributed by atoms with E-state index in [1.54, 1.807) is 18.2 Å². The van der Waals surface area contributed by atoms with Crippen molar-refractivity contribution >= 4 is 32.7 Å². The fourth-order valence-electron chi connectivity index (χ4n) is 1.43. The molecule has 0 radical (unpaired) electrons. The van der Waals surface area contributed by atoms with E-state index in [0.29, 0.717) is 5.56 Å². The van der Waals surface area contributed by atoms with E-state index < -0.39 is 5.97 Å². The Hall–Kier alpha value is -1.62. The molecule has 0 aliphatic heterocycles. The molecule has 0 saturated carbocycles. The topological polar surface area (TPSA) is 62.2 Å². The number of carbonyl (C=O) groups is 1. The van der Waals surface area contributed by atoms with Gasteiger partial charge in [-0.15, -0.1) is 0 Å². The Labute approximate surface area is 103 Å². The standard InChI is InChI=1S/C12H14N2O2S/c1-12(2,3)14-11-13-8-5-4-7(10(15)16)6-9(8)17-11/h4-6H,1-3H3,(H,13,14)(H,15,16). The third-order valence-corrected chi connectivity index (χ3v) is 3.05. The molecule has 1 aromatic carbocycles. The normalized spacial score (nSPS) is 11.7. The van der Waals surface area contributed by atoms with Gasteiger partial charge in [-0.1, -0.05) is 11.3 Å². The van der Waals surface area contributed by atoms with E-state index in [1.807, 2.05) is 0 Å². The number of thiazole rings is 1. The van der Waals surface area contributed by atoms with E-state index in [2.05, 4.69) is 31.1 Å². The van der Waals surface area contributed by atoms with Crippen molar-refractivity contribution in [1.29, 1.82) is 0 Å². The van der Waals surface area contributed by atoms with Gasteiger partial charge in [0.15, 0.2) is 5.13 Å². The highest BCUT2D eigenvalue weighted by atomic mass is 32.1. The molecule has 0 bridgehead atoms. The number of hydrogen-bond acceptors (Lipinski definition) is 4. The first kappa shape index (κ1) is 11.9. The Morgan fingerprint density at radius 2 is 2.12 bits per heavy atom. The highest BCUT2D eigenvalue weighted by Gasteiger charge is 2.13. The average molecular weight is 250 g/mol. The van der Waals surface area contributed by atoms with Gasteiger partial charge in [0, 0.05) is 5.54 Å². The van der Waals surface area contributed by atoms with Crippen molar-refractivity contribution in [2.24, 2.45) is 0 Å². The van der Waals surface area contributed by atoms with E-state index in [-0.39, 0.29) is 5.54 Å². The van der Waals surface area contributed by atoms with Gasteiger partial charge in [0.05, 0.1) is 15.8 Å². The van der Waals surface area contributed by atoms with Crippen LogP contribution in [-0.4, -0.2) is 21.6 Å². The summed E-state index contributed by atoms with van der Waals surface area (Å²) in [5.74, 6) is -0.911. The quantitative estimate of drug-likeness (QED) is 0.859. The molecule has 0 fully saturated rings. The molecule has 5 heteroatoms. The van der Waals surface area contributed by atoms with Crippen LogP contribution in [0.15, 0.2) is 18.2 Å². The Morgan fingerprint density at radius 3 is 2.71 bits per heavy atom. The number of carboxylic acid groups (broad SMARTS) is 1. The second-order valence-electron chi connectivity index (χ2n) is 4.88. The van der Waals surface area contributed by atoms with Gasteiger partial charge in [-0.25, -0.2) is 9.78 Å². The summed E-state index contributed by atoms with van der Waals surface area (Å²) in [4.78, 5) is 15.3. The van der Waals surface area contributed by atoms with Crippen LogP contribution < -0.4 is 5.32 Å². The third kappa shape index (κ3) is 2.74. The zero-order valence-corrected chi connectivity index (χ0v) is 10.8. The number of aromatic nitrogens is 1. The molecule has 0 spiro atoms. The maximum Gasteiger partial charge on any atom is 0.335 e. The van der Waals surface area contributed by atoms with Crippen molar-refractivity contribution in [2.45, 2.75) is 26.3 Å². The minimum atomic E-state index is -0.911. The SMILES string of the molecule is CC(C)(C)Nc1nc2ccc(C(=O)O)cc2s1. The Balaban J connectivity index is 2.40. The van der Waals surface area contributed by atoms with Crippen LogP contribution in [0.4, 0.5) is 5.13 Å². The maximum atomic E-state index is 10.8. The lowest BCUT2D eigenvalue weighted by atomic mass is 10.1. The molecule has 1 heterocycles. The van der Waals surface area contributed by atoms with Gasteiger partial charge in [-0.2, -0.15) is 0 Å². The summed E-state index contributed by atoms with van der Waals surface area (Å²) in [5.41, 5.74) is 1.07. The number of nitrogens with zero attached hydrogens (tertiary/aromatic N) is 1. The lowest BCUT2D eigenvalue weighted by molar-refractivity contribution is 0.0697. The van der Waals surface area contributed by atoms with Gasteiger partial charge in [-0.05, 0) is 39.0 Å². The van der Waals surface area contributed by atoms with Crippen LogP contribution in [0.5, 0.6) is 0 Å². The van der Waals surface area contributed by atoms with Crippen molar-refractivity contribution in [3.8, 4) is 0 Å². The Bertz CT molecular complexity index is 569. The van der Waals surface area contributed by atoms with Gasteiger partial charge in [0.25, 0.3) is 0 Å². The second-order valence-corrected chi connectivity index (χ2v) is 5.91. The number of aromatic carboxylic acids is 1. The number of anilines is 1. The predicted molar refractivity (Wildman–Crippen MR) is 70.0 cm³/mol. The van der Waals surface area contributed by atoms with Crippen LogP contribution in [0.1, 0.15) is 31.1 Å². The van der Waals surface area contributed by atoms with E-state index in [1.165, 1.54) is 11.3 Å². The van der Waals surface area contributed by atoms with Gasteiger partial charge in [0.2, 0.25) is 0 Å². The van der Waals surface area contributed by atoms with E-state index in [9.17, 15) is 4.79 Å². The first-order valence-corrected chi connectivity index (χ1v) is 6.09. The molecule has 0 aliphatic carbocycles. The van der Waals surface area contributed by atoms with E-state index in [0.717, 1.165) is 15.3 Å². The third-order valence-electron chi connectivity index (χ3n) is 2.12. The molecular weight excluding hydrogens is 236 g/mol. The minimum absolute atomic E-state index is 0.0521. The number of nitrogens with one attached hydrogen (secondary N) is 1. The van der Waals surface area contributed by atoms with Gasteiger partial charge in [-0.3, -0.25) is 0 Å². The Kier molecular flexibility index (Phi) is 2.79. The zero-order chi connectivity index (χ0) is 12.6. The van der Waals surface area contributed by atoms with Crippen LogP contribution in [0.3, 0.4) is 0 Å².